The standard InChI is InChI=1S/C12H19NO2S/c1-9(2)7-16-8-12(14)13-10(3)11-5-4-6-15-11/h4-6,9-10H,7-8H2,1-3H3,(H,13,14)/t10-/m0/s1. The van der Waals surface area contributed by atoms with Gasteiger partial charge in [-0.05, 0) is 30.7 Å². The van der Waals surface area contributed by atoms with Crippen LogP contribution in [0.3, 0.4) is 0 Å². The number of hydrogen-bond donors (Lipinski definition) is 1. The van der Waals surface area contributed by atoms with E-state index < -0.39 is 0 Å². The number of amides is 1. The lowest BCUT2D eigenvalue weighted by atomic mass is 10.2. The molecule has 1 rings (SSSR count). The fourth-order valence-corrected chi connectivity index (χ4v) is 2.14. The van der Waals surface area contributed by atoms with E-state index in [0.717, 1.165) is 11.5 Å². The molecule has 0 aliphatic carbocycles. The monoisotopic (exact) mass is 241 g/mol. The first-order chi connectivity index (χ1) is 7.59. The van der Waals surface area contributed by atoms with E-state index in [1.54, 1.807) is 18.0 Å². The average Bonchev–Trinajstić information content (AvgIpc) is 2.69. The summed E-state index contributed by atoms with van der Waals surface area (Å²) in [6.07, 6.45) is 1.62. The van der Waals surface area contributed by atoms with E-state index in [0.29, 0.717) is 11.7 Å². The molecule has 90 valence electrons. The molecule has 1 N–H and O–H groups in total. The third-order valence-corrected chi connectivity index (χ3v) is 3.40. The minimum absolute atomic E-state index is 0.0536. The maximum absolute atomic E-state index is 11.6. The van der Waals surface area contributed by atoms with E-state index in [9.17, 15) is 4.79 Å². The van der Waals surface area contributed by atoms with Crippen LogP contribution in [-0.2, 0) is 4.79 Å². The second-order valence-electron chi connectivity index (χ2n) is 4.21. The Morgan fingerprint density at radius 1 is 1.50 bits per heavy atom. The van der Waals surface area contributed by atoms with Crippen molar-refractivity contribution in [2.75, 3.05) is 11.5 Å². The maximum atomic E-state index is 11.6. The van der Waals surface area contributed by atoms with Crippen LogP contribution in [0.1, 0.15) is 32.6 Å². The number of carbonyl (C=O) groups is 1. The molecule has 1 aromatic heterocycles. The lowest BCUT2D eigenvalue weighted by Gasteiger charge is -2.11. The topological polar surface area (TPSA) is 42.2 Å². The van der Waals surface area contributed by atoms with Crippen molar-refractivity contribution in [3.8, 4) is 0 Å². The second-order valence-corrected chi connectivity index (χ2v) is 5.24. The molecule has 1 heterocycles. The van der Waals surface area contributed by atoms with Crippen LogP contribution in [0.4, 0.5) is 0 Å². The molecule has 4 heteroatoms. The summed E-state index contributed by atoms with van der Waals surface area (Å²) < 4.78 is 5.22. The van der Waals surface area contributed by atoms with Crippen LogP contribution in [0, 0.1) is 5.92 Å². The Kier molecular flexibility index (Phi) is 5.46. The highest BCUT2D eigenvalue weighted by Crippen LogP contribution is 2.13. The predicted octanol–water partition coefficient (Wildman–Crippen LogP) is 2.85. The molecule has 1 atom stereocenters. The summed E-state index contributed by atoms with van der Waals surface area (Å²) in [4.78, 5) is 11.6. The minimum Gasteiger partial charge on any atom is -0.467 e. The largest absolute Gasteiger partial charge is 0.467 e. The molecule has 0 aromatic carbocycles. The van der Waals surface area contributed by atoms with E-state index in [1.807, 2.05) is 19.1 Å². The summed E-state index contributed by atoms with van der Waals surface area (Å²) in [6.45, 7) is 6.22. The van der Waals surface area contributed by atoms with Gasteiger partial charge in [0.25, 0.3) is 0 Å². The smallest absolute Gasteiger partial charge is 0.230 e. The lowest BCUT2D eigenvalue weighted by molar-refractivity contribution is -0.119. The van der Waals surface area contributed by atoms with Crippen molar-refractivity contribution >= 4 is 17.7 Å². The van der Waals surface area contributed by atoms with Crippen molar-refractivity contribution in [2.45, 2.75) is 26.8 Å². The molecule has 0 radical (unpaired) electrons. The highest BCUT2D eigenvalue weighted by Gasteiger charge is 2.11. The number of hydrogen-bond acceptors (Lipinski definition) is 3. The van der Waals surface area contributed by atoms with Crippen molar-refractivity contribution in [3.05, 3.63) is 24.2 Å². The van der Waals surface area contributed by atoms with Crippen LogP contribution in [0.25, 0.3) is 0 Å². The zero-order chi connectivity index (χ0) is 12.0. The van der Waals surface area contributed by atoms with Gasteiger partial charge in [0.2, 0.25) is 5.91 Å². The summed E-state index contributed by atoms with van der Waals surface area (Å²) in [6, 6.07) is 3.64. The molecule has 0 aliphatic rings. The molecule has 0 saturated carbocycles. The summed E-state index contributed by atoms with van der Waals surface area (Å²) in [5.41, 5.74) is 0. The molecule has 1 aromatic rings. The number of furan rings is 1. The number of thioether (sulfide) groups is 1. The van der Waals surface area contributed by atoms with E-state index in [-0.39, 0.29) is 11.9 Å². The minimum atomic E-state index is -0.0536. The number of carbonyl (C=O) groups excluding carboxylic acids is 1. The Labute approximate surface area is 101 Å². The lowest BCUT2D eigenvalue weighted by Crippen LogP contribution is -2.28. The summed E-state index contributed by atoms with van der Waals surface area (Å²) in [5.74, 6) is 3.02. The van der Waals surface area contributed by atoms with E-state index >= 15 is 0 Å². The van der Waals surface area contributed by atoms with Gasteiger partial charge in [-0.3, -0.25) is 4.79 Å². The zero-order valence-electron chi connectivity index (χ0n) is 10.0. The fraction of sp³-hybridized carbons (Fsp3) is 0.583. The molecule has 0 aliphatic heterocycles. The van der Waals surface area contributed by atoms with Crippen LogP contribution >= 0.6 is 11.8 Å². The van der Waals surface area contributed by atoms with Gasteiger partial charge in [0, 0.05) is 0 Å². The van der Waals surface area contributed by atoms with E-state index in [2.05, 4.69) is 19.2 Å². The second kappa shape index (κ2) is 6.63. The normalized spacial score (nSPS) is 12.8. The van der Waals surface area contributed by atoms with Gasteiger partial charge < -0.3 is 9.73 Å². The molecule has 16 heavy (non-hydrogen) atoms. The Hall–Kier alpha value is -0.900. The van der Waals surface area contributed by atoms with Crippen LogP contribution in [-0.4, -0.2) is 17.4 Å². The van der Waals surface area contributed by atoms with Crippen molar-refractivity contribution < 1.29 is 9.21 Å². The van der Waals surface area contributed by atoms with Gasteiger partial charge in [-0.25, -0.2) is 0 Å². The summed E-state index contributed by atoms with van der Waals surface area (Å²) in [7, 11) is 0. The highest BCUT2D eigenvalue weighted by atomic mass is 32.2. The molecule has 0 bridgehead atoms. The van der Waals surface area contributed by atoms with Crippen LogP contribution in [0.15, 0.2) is 22.8 Å². The van der Waals surface area contributed by atoms with Crippen LogP contribution < -0.4 is 5.32 Å². The molecule has 1 amide bonds. The van der Waals surface area contributed by atoms with Gasteiger partial charge in [-0.15, -0.1) is 0 Å². The van der Waals surface area contributed by atoms with Gasteiger partial charge in [0.05, 0.1) is 18.1 Å². The van der Waals surface area contributed by atoms with Gasteiger partial charge in [0.15, 0.2) is 0 Å². The first kappa shape index (κ1) is 13.2. The quantitative estimate of drug-likeness (QED) is 0.832. The summed E-state index contributed by atoms with van der Waals surface area (Å²) in [5, 5.41) is 2.90. The van der Waals surface area contributed by atoms with Crippen LogP contribution in [0.5, 0.6) is 0 Å². The van der Waals surface area contributed by atoms with Crippen molar-refractivity contribution in [1.29, 1.82) is 0 Å². The molecular formula is C12H19NO2S. The Morgan fingerprint density at radius 2 is 2.25 bits per heavy atom. The third-order valence-electron chi connectivity index (χ3n) is 2.03. The van der Waals surface area contributed by atoms with E-state index in [1.165, 1.54) is 0 Å². The average molecular weight is 241 g/mol. The van der Waals surface area contributed by atoms with Gasteiger partial charge >= 0.3 is 0 Å². The maximum Gasteiger partial charge on any atom is 0.230 e. The van der Waals surface area contributed by atoms with Gasteiger partial charge in [-0.1, -0.05) is 13.8 Å². The van der Waals surface area contributed by atoms with Crippen molar-refractivity contribution in [2.24, 2.45) is 5.92 Å². The molecular weight excluding hydrogens is 222 g/mol. The Balaban J connectivity index is 2.24. The Bertz CT molecular complexity index is 309. The fourth-order valence-electron chi connectivity index (χ4n) is 1.28. The predicted molar refractivity (Wildman–Crippen MR) is 67.4 cm³/mol. The molecule has 0 fully saturated rings. The van der Waals surface area contributed by atoms with Crippen molar-refractivity contribution in [3.63, 3.8) is 0 Å². The SMILES string of the molecule is CC(C)CSCC(=O)N[C@@H](C)c1ccco1. The van der Waals surface area contributed by atoms with Gasteiger partial charge in [0.1, 0.15) is 5.76 Å². The molecule has 0 unspecified atom stereocenters. The van der Waals surface area contributed by atoms with E-state index in [4.69, 9.17) is 4.42 Å². The first-order valence-electron chi connectivity index (χ1n) is 5.50. The van der Waals surface area contributed by atoms with Gasteiger partial charge in [-0.2, -0.15) is 11.8 Å². The third kappa shape index (κ3) is 4.75. The van der Waals surface area contributed by atoms with Crippen LogP contribution in [0.2, 0.25) is 0 Å². The summed E-state index contributed by atoms with van der Waals surface area (Å²) >= 11 is 1.67. The first-order valence-corrected chi connectivity index (χ1v) is 6.65. The van der Waals surface area contributed by atoms with Crippen molar-refractivity contribution in [1.82, 2.24) is 5.32 Å². The Morgan fingerprint density at radius 3 is 2.81 bits per heavy atom. The molecule has 0 saturated heterocycles. The molecule has 3 nitrogen and oxygen atoms in total. The highest BCUT2D eigenvalue weighted by molar-refractivity contribution is 7.99. The number of rotatable bonds is 6. The molecule has 0 spiro atoms. The number of nitrogens with one attached hydrogen (secondary N) is 1. The zero-order valence-corrected chi connectivity index (χ0v) is 10.8.